The summed E-state index contributed by atoms with van der Waals surface area (Å²) >= 11 is 0. The van der Waals surface area contributed by atoms with E-state index in [1.165, 1.54) is 35.5 Å². The number of rotatable bonds is 10. The maximum atomic E-state index is 13.5. The van der Waals surface area contributed by atoms with Crippen molar-refractivity contribution in [1.82, 2.24) is 18.8 Å². The number of likely N-dealkylation sites (tertiary alicyclic amines) is 1. The molecule has 11 nitrogen and oxygen atoms in total. The van der Waals surface area contributed by atoms with Crippen molar-refractivity contribution in [3.05, 3.63) is 48.3 Å². The number of amides is 1. The Morgan fingerprint density at radius 2 is 1.88 bits per heavy atom. The molecule has 1 unspecified atom stereocenters. The zero-order valence-corrected chi connectivity index (χ0v) is 25.2. The van der Waals surface area contributed by atoms with Crippen molar-refractivity contribution in [2.75, 3.05) is 37.9 Å². The second-order valence-corrected chi connectivity index (χ2v) is 13.2. The molecule has 2 aromatic heterocycles. The van der Waals surface area contributed by atoms with E-state index in [-0.39, 0.29) is 40.1 Å². The molecular formula is C29H39N5O6S. The molecule has 0 aliphatic carbocycles. The molecule has 4 rings (SSSR count). The minimum atomic E-state index is -3.92. The Hall–Kier alpha value is -3.35. The van der Waals surface area contributed by atoms with Crippen LogP contribution in [0.5, 0.6) is 0 Å². The topological polar surface area (TPSA) is 124 Å². The summed E-state index contributed by atoms with van der Waals surface area (Å²) in [6.45, 7) is 11.4. The molecule has 1 aliphatic rings. The van der Waals surface area contributed by atoms with Gasteiger partial charge >= 0.3 is 6.09 Å². The Bertz CT molecular complexity index is 1480. The zero-order chi connectivity index (χ0) is 29.8. The van der Waals surface area contributed by atoms with Gasteiger partial charge in [-0.3, -0.25) is 14.6 Å². The molecule has 1 atom stereocenters. The molecule has 1 amide bonds. The summed E-state index contributed by atoms with van der Waals surface area (Å²) in [5, 5.41) is 0. The van der Waals surface area contributed by atoms with Gasteiger partial charge in [-0.2, -0.15) is 0 Å². The molecule has 1 aromatic carbocycles. The van der Waals surface area contributed by atoms with Crippen molar-refractivity contribution in [3.63, 3.8) is 0 Å². The van der Waals surface area contributed by atoms with Crippen molar-refractivity contribution in [1.29, 1.82) is 0 Å². The van der Waals surface area contributed by atoms with Crippen LogP contribution in [0.1, 0.15) is 52.5 Å². The first-order chi connectivity index (χ1) is 19.4. The molecule has 0 spiro atoms. The average molecular weight is 586 g/mol. The molecule has 222 valence electrons. The molecule has 1 saturated heterocycles. The Morgan fingerprint density at radius 1 is 1.15 bits per heavy atom. The van der Waals surface area contributed by atoms with Gasteiger partial charge in [0.05, 0.1) is 24.4 Å². The van der Waals surface area contributed by atoms with Crippen LogP contribution in [-0.2, 0) is 24.3 Å². The van der Waals surface area contributed by atoms with Crippen LogP contribution in [0.25, 0.3) is 11.2 Å². The quantitative estimate of drug-likeness (QED) is 0.319. The smallest absolute Gasteiger partial charge is 0.416 e. The van der Waals surface area contributed by atoms with Gasteiger partial charge in [-0.05, 0) is 65.2 Å². The number of nitrogens with zero attached hydrogens (tertiary/aromatic N) is 5. The molecule has 3 heterocycles. The van der Waals surface area contributed by atoms with Crippen LogP contribution < -0.4 is 4.90 Å². The molecule has 0 bridgehead atoms. The molecule has 0 N–H and O–H groups in total. The summed E-state index contributed by atoms with van der Waals surface area (Å²) < 4.78 is 38.9. The van der Waals surface area contributed by atoms with Crippen molar-refractivity contribution in [2.24, 2.45) is 5.92 Å². The summed E-state index contributed by atoms with van der Waals surface area (Å²) in [7, 11) is -3.92. The van der Waals surface area contributed by atoms with E-state index >= 15 is 0 Å². The van der Waals surface area contributed by atoms with Crippen molar-refractivity contribution < 1.29 is 27.5 Å². The second kappa shape index (κ2) is 12.7. The van der Waals surface area contributed by atoms with Gasteiger partial charge in [0.2, 0.25) is 0 Å². The van der Waals surface area contributed by atoms with E-state index in [9.17, 15) is 18.0 Å². The molecule has 1 fully saturated rings. The van der Waals surface area contributed by atoms with Crippen LogP contribution in [0, 0.1) is 12.8 Å². The number of hydrogen-bond acceptors (Lipinski definition) is 9. The number of piperidine rings is 1. The normalized spacial score (nSPS) is 16.6. The van der Waals surface area contributed by atoms with Crippen LogP contribution in [0.2, 0.25) is 0 Å². The van der Waals surface area contributed by atoms with Gasteiger partial charge in [0, 0.05) is 31.8 Å². The van der Waals surface area contributed by atoms with Crippen molar-refractivity contribution in [2.45, 2.75) is 64.4 Å². The van der Waals surface area contributed by atoms with Crippen LogP contribution in [0.3, 0.4) is 0 Å². The fourth-order valence-electron chi connectivity index (χ4n) is 4.64. The molecule has 1 aliphatic heterocycles. The van der Waals surface area contributed by atoms with Crippen LogP contribution in [0.15, 0.2) is 47.6 Å². The average Bonchev–Trinajstić information content (AvgIpc) is 3.35. The highest BCUT2D eigenvalue weighted by Gasteiger charge is 2.32. The third-order valence-corrected chi connectivity index (χ3v) is 8.39. The lowest BCUT2D eigenvalue weighted by Gasteiger charge is -2.33. The predicted molar refractivity (Wildman–Crippen MR) is 155 cm³/mol. The van der Waals surface area contributed by atoms with Crippen molar-refractivity contribution >= 4 is 38.9 Å². The number of anilines is 1. The standard InChI is InChI=1S/C29H39N5O6S/c1-6-16-39-20-32-14-7-8-22(18-32)25(35)19-33(28(36)40-29(3,4)5)26-17-30-27-24(31-26)13-15-34(27)41(37,38)23-11-9-21(2)10-12-23/h9-13,15,17,22H,6-8,14,16,18-20H2,1-5H3. The first-order valence-electron chi connectivity index (χ1n) is 13.9. The van der Waals surface area contributed by atoms with Crippen molar-refractivity contribution in [3.8, 4) is 0 Å². The molecular weight excluding hydrogens is 546 g/mol. The maximum Gasteiger partial charge on any atom is 0.416 e. The fraction of sp³-hybridized carbons (Fsp3) is 0.517. The Kier molecular flexibility index (Phi) is 9.45. The number of carbonyl (C=O) groups excluding carboxylic acids is 2. The third-order valence-electron chi connectivity index (χ3n) is 6.71. The Morgan fingerprint density at radius 3 is 2.56 bits per heavy atom. The fourth-order valence-corrected chi connectivity index (χ4v) is 5.94. The molecule has 0 saturated carbocycles. The van der Waals surface area contributed by atoms with Gasteiger partial charge in [-0.15, -0.1) is 0 Å². The number of Topliss-reactive ketones (excluding diaryl/α,β-unsaturated/α-hetero) is 1. The lowest BCUT2D eigenvalue weighted by molar-refractivity contribution is -0.124. The minimum Gasteiger partial charge on any atom is -0.443 e. The largest absolute Gasteiger partial charge is 0.443 e. The lowest BCUT2D eigenvalue weighted by atomic mass is 9.93. The Balaban J connectivity index is 1.60. The SMILES string of the molecule is CCCOCN1CCCC(C(=O)CN(C(=O)OC(C)(C)C)c2cnc3c(ccn3S(=O)(=O)c3ccc(C)cc3)n2)C1. The van der Waals surface area contributed by atoms with Crippen LogP contribution in [-0.4, -0.2) is 77.7 Å². The molecule has 0 radical (unpaired) electrons. The lowest BCUT2D eigenvalue weighted by Crippen LogP contribution is -2.46. The van der Waals surface area contributed by atoms with Gasteiger partial charge in [0.15, 0.2) is 17.2 Å². The van der Waals surface area contributed by atoms with E-state index in [2.05, 4.69) is 14.9 Å². The number of hydrogen-bond donors (Lipinski definition) is 0. The maximum absolute atomic E-state index is 13.5. The number of benzene rings is 1. The number of ether oxygens (including phenoxy) is 2. The van der Waals surface area contributed by atoms with E-state index < -0.39 is 21.7 Å². The number of fused-ring (bicyclic) bond motifs is 1. The highest BCUT2D eigenvalue weighted by atomic mass is 32.2. The van der Waals surface area contributed by atoms with E-state index in [4.69, 9.17) is 9.47 Å². The minimum absolute atomic E-state index is 0.101. The van der Waals surface area contributed by atoms with Crippen LogP contribution >= 0.6 is 0 Å². The van der Waals surface area contributed by atoms with E-state index in [1.54, 1.807) is 32.9 Å². The monoisotopic (exact) mass is 585 g/mol. The highest BCUT2D eigenvalue weighted by molar-refractivity contribution is 7.90. The van der Waals surface area contributed by atoms with Gasteiger partial charge in [0.25, 0.3) is 10.0 Å². The summed E-state index contributed by atoms with van der Waals surface area (Å²) in [5.74, 6) is -0.279. The van der Waals surface area contributed by atoms with E-state index in [0.29, 0.717) is 19.9 Å². The summed E-state index contributed by atoms with van der Waals surface area (Å²) in [6.07, 6.45) is 4.44. The summed E-state index contributed by atoms with van der Waals surface area (Å²) in [4.78, 5) is 39.0. The molecule has 41 heavy (non-hydrogen) atoms. The number of aryl methyl sites for hydroxylation is 1. The first kappa shape index (κ1) is 30.6. The number of ketones is 1. The molecule has 3 aromatic rings. The van der Waals surface area contributed by atoms with Crippen LogP contribution in [0.4, 0.5) is 10.6 Å². The van der Waals surface area contributed by atoms with Gasteiger partial charge in [0.1, 0.15) is 11.1 Å². The zero-order valence-electron chi connectivity index (χ0n) is 24.4. The number of aromatic nitrogens is 3. The Labute approximate surface area is 241 Å². The van der Waals surface area contributed by atoms with Gasteiger partial charge in [-0.25, -0.2) is 27.2 Å². The summed E-state index contributed by atoms with van der Waals surface area (Å²) in [6, 6.07) is 8.04. The predicted octanol–water partition coefficient (Wildman–Crippen LogP) is 4.38. The summed E-state index contributed by atoms with van der Waals surface area (Å²) in [5.41, 5.74) is 0.503. The second-order valence-electron chi connectivity index (χ2n) is 11.4. The van der Waals surface area contributed by atoms with E-state index in [1.807, 2.05) is 13.8 Å². The van der Waals surface area contributed by atoms with Gasteiger partial charge in [-0.1, -0.05) is 24.6 Å². The van der Waals surface area contributed by atoms with E-state index in [0.717, 1.165) is 35.3 Å². The number of carbonyl (C=O) groups is 2. The highest BCUT2D eigenvalue weighted by Crippen LogP contribution is 2.25. The van der Waals surface area contributed by atoms with Gasteiger partial charge < -0.3 is 9.47 Å². The first-order valence-corrected chi connectivity index (χ1v) is 15.3. The molecule has 12 heteroatoms. The third kappa shape index (κ3) is 7.49.